The molecule has 2 aromatic carbocycles. The van der Waals surface area contributed by atoms with Crippen molar-refractivity contribution in [2.45, 2.75) is 11.4 Å². The summed E-state index contributed by atoms with van der Waals surface area (Å²) < 4.78 is 39.7. The van der Waals surface area contributed by atoms with Gasteiger partial charge in [0.15, 0.2) is 0 Å². The van der Waals surface area contributed by atoms with Crippen molar-refractivity contribution < 1.29 is 17.6 Å². The van der Waals surface area contributed by atoms with E-state index in [1.54, 1.807) is 7.05 Å². The minimum absolute atomic E-state index is 0.362. The second-order valence-corrected chi connectivity index (χ2v) is 6.73. The lowest BCUT2D eigenvalue weighted by molar-refractivity contribution is -0.129. The van der Waals surface area contributed by atoms with E-state index in [4.69, 9.17) is 0 Å². The number of carbonyl (C=O) groups excluding carboxylic acids is 1. The normalized spacial score (nSPS) is 11.2. The van der Waals surface area contributed by atoms with Gasteiger partial charge in [-0.15, -0.1) is 0 Å². The summed E-state index contributed by atoms with van der Waals surface area (Å²) in [5.74, 6) is -1.26. The molecule has 0 aliphatic rings. The molecule has 0 saturated carbocycles. The first kappa shape index (κ1) is 17.1. The van der Waals surface area contributed by atoms with Gasteiger partial charge in [0.05, 0.1) is 6.54 Å². The van der Waals surface area contributed by atoms with E-state index >= 15 is 0 Å². The van der Waals surface area contributed by atoms with Gasteiger partial charge in [0.2, 0.25) is 15.9 Å². The number of likely N-dealkylation sites (N-methyl/N-ethyl adjacent to an activating group) is 1. The van der Waals surface area contributed by atoms with Gasteiger partial charge in [0, 0.05) is 13.6 Å². The fraction of sp³-hybridized carbons (Fsp3) is 0.188. The number of halogens is 1. The van der Waals surface area contributed by atoms with E-state index < -0.39 is 33.2 Å². The molecule has 2 rings (SSSR count). The van der Waals surface area contributed by atoms with Crippen LogP contribution in [0.15, 0.2) is 59.5 Å². The van der Waals surface area contributed by atoms with Crippen molar-refractivity contribution >= 4 is 15.9 Å². The molecule has 1 N–H and O–H groups in total. The number of amides is 1. The number of sulfonamides is 1. The highest BCUT2D eigenvalue weighted by molar-refractivity contribution is 7.89. The maximum absolute atomic E-state index is 13.5. The summed E-state index contributed by atoms with van der Waals surface area (Å²) in [6, 6.07) is 14.3. The van der Waals surface area contributed by atoms with Crippen molar-refractivity contribution in [2.24, 2.45) is 0 Å². The Hall–Kier alpha value is -2.25. The van der Waals surface area contributed by atoms with Gasteiger partial charge >= 0.3 is 0 Å². The molecule has 0 unspecified atom stereocenters. The Labute approximate surface area is 134 Å². The van der Waals surface area contributed by atoms with Crippen LogP contribution < -0.4 is 4.72 Å². The summed E-state index contributed by atoms with van der Waals surface area (Å²) in [5.41, 5.74) is 0.931. The maximum Gasteiger partial charge on any atom is 0.243 e. The minimum Gasteiger partial charge on any atom is -0.340 e. The molecule has 122 valence electrons. The topological polar surface area (TPSA) is 66.5 Å². The Morgan fingerprint density at radius 1 is 1.09 bits per heavy atom. The monoisotopic (exact) mass is 336 g/mol. The second-order valence-electron chi connectivity index (χ2n) is 4.99. The van der Waals surface area contributed by atoms with Crippen LogP contribution in [0.1, 0.15) is 5.56 Å². The number of rotatable bonds is 6. The summed E-state index contributed by atoms with van der Waals surface area (Å²) in [7, 11) is -2.49. The largest absolute Gasteiger partial charge is 0.340 e. The molecule has 1 amide bonds. The van der Waals surface area contributed by atoms with E-state index in [-0.39, 0.29) is 0 Å². The third-order valence-electron chi connectivity index (χ3n) is 3.23. The molecule has 5 nitrogen and oxygen atoms in total. The molecule has 0 aliphatic carbocycles. The second kappa shape index (κ2) is 7.34. The van der Waals surface area contributed by atoms with Crippen molar-refractivity contribution in [3.8, 4) is 0 Å². The number of benzene rings is 2. The molecule has 0 spiro atoms. The smallest absolute Gasteiger partial charge is 0.243 e. The quantitative estimate of drug-likeness (QED) is 0.874. The van der Waals surface area contributed by atoms with E-state index in [0.717, 1.165) is 17.7 Å². The standard InChI is InChI=1S/C16H17FN2O3S/c1-19(12-13-7-3-2-4-8-13)16(20)11-18-23(21,22)15-10-6-5-9-14(15)17/h2-10,18H,11-12H2,1H3. The SMILES string of the molecule is CN(Cc1ccccc1)C(=O)CNS(=O)(=O)c1ccccc1F. The zero-order chi connectivity index (χ0) is 16.9. The third-order valence-corrected chi connectivity index (χ3v) is 4.66. The highest BCUT2D eigenvalue weighted by Gasteiger charge is 2.20. The summed E-state index contributed by atoms with van der Waals surface area (Å²) >= 11 is 0. The van der Waals surface area contributed by atoms with Gasteiger partial charge in [0.25, 0.3) is 0 Å². The summed E-state index contributed by atoms with van der Waals surface area (Å²) in [6.07, 6.45) is 0. The zero-order valence-electron chi connectivity index (χ0n) is 12.6. The van der Waals surface area contributed by atoms with Gasteiger partial charge in [0.1, 0.15) is 10.7 Å². The predicted molar refractivity (Wildman–Crippen MR) is 84.5 cm³/mol. The number of nitrogens with one attached hydrogen (secondary N) is 1. The lowest BCUT2D eigenvalue weighted by atomic mass is 10.2. The van der Waals surface area contributed by atoms with Gasteiger partial charge in [-0.05, 0) is 17.7 Å². The fourth-order valence-electron chi connectivity index (χ4n) is 1.98. The molecule has 0 bridgehead atoms. The number of hydrogen-bond acceptors (Lipinski definition) is 3. The highest BCUT2D eigenvalue weighted by atomic mass is 32.2. The van der Waals surface area contributed by atoms with Gasteiger partial charge in [-0.3, -0.25) is 4.79 Å². The van der Waals surface area contributed by atoms with Crippen molar-refractivity contribution in [2.75, 3.05) is 13.6 Å². The summed E-state index contributed by atoms with van der Waals surface area (Å²) in [6.45, 7) is -0.0684. The molecular formula is C16H17FN2O3S. The minimum atomic E-state index is -4.06. The summed E-state index contributed by atoms with van der Waals surface area (Å²) in [5, 5.41) is 0. The molecule has 0 saturated heterocycles. The molecule has 0 aromatic heterocycles. The Morgan fingerprint density at radius 3 is 2.35 bits per heavy atom. The zero-order valence-corrected chi connectivity index (χ0v) is 13.4. The molecule has 0 atom stereocenters. The highest BCUT2D eigenvalue weighted by Crippen LogP contribution is 2.12. The Balaban J connectivity index is 1.97. The fourth-order valence-corrected chi connectivity index (χ4v) is 3.03. The molecule has 23 heavy (non-hydrogen) atoms. The number of carbonyl (C=O) groups is 1. The van der Waals surface area contributed by atoms with E-state index in [9.17, 15) is 17.6 Å². The molecule has 0 aliphatic heterocycles. The van der Waals surface area contributed by atoms with Crippen LogP contribution in [0.25, 0.3) is 0 Å². The number of hydrogen-bond donors (Lipinski definition) is 1. The lowest BCUT2D eigenvalue weighted by Gasteiger charge is -2.17. The molecule has 2 aromatic rings. The Bertz CT molecular complexity index is 779. The van der Waals surface area contributed by atoms with Crippen LogP contribution >= 0.6 is 0 Å². The number of nitrogens with zero attached hydrogens (tertiary/aromatic N) is 1. The van der Waals surface area contributed by atoms with E-state index in [1.165, 1.54) is 17.0 Å². The van der Waals surface area contributed by atoms with Crippen LogP contribution in [0.4, 0.5) is 4.39 Å². The maximum atomic E-state index is 13.5. The van der Waals surface area contributed by atoms with Crippen LogP contribution in [-0.4, -0.2) is 32.8 Å². The molecule has 0 radical (unpaired) electrons. The van der Waals surface area contributed by atoms with Gasteiger partial charge in [-0.25, -0.2) is 17.5 Å². The van der Waals surface area contributed by atoms with Gasteiger partial charge < -0.3 is 4.90 Å². The van der Waals surface area contributed by atoms with Crippen molar-refractivity contribution in [1.82, 2.24) is 9.62 Å². The average molecular weight is 336 g/mol. The molecule has 0 fully saturated rings. The van der Waals surface area contributed by atoms with Crippen molar-refractivity contribution in [3.05, 3.63) is 66.0 Å². The van der Waals surface area contributed by atoms with E-state index in [2.05, 4.69) is 4.72 Å². The third kappa shape index (κ3) is 4.61. The Morgan fingerprint density at radius 2 is 1.70 bits per heavy atom. The van der Waals surface area contributed by atoms with Crippen LogP contribution in [0.3, 0.4) is 0 Å². The molecule has 0 heterocycles. The lowest BCUT2D eigenvalue weighted by Crippen LogP contribution is -2.38. The predicted octanol–water partition coefficient (Wildman–Crippen LogP) is 1.76. The molecule has 7 heteroatoms. The van der Waals surface area contributed by atoms with E-state index in [0.29, 0.717) is 6.54 Å². The first-order valence-electron chi connectivity index (χ1n) is 6.92. The van der Waals surface area contributed by atoms with Crippen molar-refractivity contribution in [1.29, 1.82) is 0 Å². The van der Waals surface area contributed by atoms with E-state index in [1.807, 2.05) is 30.3 Å². The first-order chi connectivity index (χ1) is 10.9. The molecular weight excluding hydrogens is 319 g/mol. The van der Waals surface area contributed by atoms with Crippen LogP contribution in [0.2, 0.25) is 0 Å². The van der Waals surface area contributed by atoms with Gasteiger partial charge in [-0.1, -0.05) is 42.5 Å². The van der Waals surface area contributed by atoms with Crippen LogP contribution in [0, 0.1) is 5.82 Å². The first-order valence-corrected chi connectivity index (χ1v) is 8.40. The van der Waals surface area contributed by atoms with Crippen LogP contribution in [0.5, 0.6) is 0 Å². The van der Waals surface area contributed by atoms with Gasteiger partial charge in [-0.2, -0.15) is 0 Å². The van der Waals surface area contributed by atoms with Crippen molar-refractivity contribution in [3.63, 3.8) is 0 Å². The Kier molecular flexibility index (Phi) is 5.46. The van der Waals surface area contributed by atoms with Crippen LogP contribution in [-0.2, 0) is 21.4 Å². The average Bonchev–Trinajstić information content (AvgIpc) is 2.54. The summed E-state index contributed by atoms with van der Waals surface area (Å²) in [4.78, 5) is 12.9.